The van der Waals surface area contributed by atoms with Gasteiger partial charge >= 0.3 is 0 Å². The van der Waals surface area contributed by atoms with Gasteiger partial charge in [0.15, 0.2) is 0 Å². The van der Waals surface area contributed by atoms with Crippen molar-refractivity contribution >= 4 is 0 Å². The van der Waals surface area contributed by atoms with Crippen LogP contribution in [-0.4, -0.2) is 11.7 Å². The summed E-state index contributed by atoms with van der Waals surface area (Å²) in [5, 5.41) is 3.68. The number of hydrogen-bond donors (Lipinski definition) is 1. The Labute approximate surface area is 60.2 Å². The third kappa shape index (κ3) is 1.36. The molecule has 1 aromatic heterocycles. The number of nitrogens with zero attached hydrogens (tertiary/aromatic N) is 1. The number of hydrogen-bond acceptors (Lipinski definition) is 3. The Hall–Kier alpha value is -0.830. The van der Waals surface area contributed by atoms with Gasteiger partial charge in [0, 0.05) is 12.0 Å². The van der Waals surface area contributed by atoms with Crippen LogP contribution < -0.4 is 5.73 Å². The SMILES string of the molecule is CCc1cnoc1CCN. The third-order valence-electron chi connectivity index (χ3n) is 1.48. The molecule has 2 N–H and O–H groups in total. The zero-order chi connectivity index (χ0) is 7.40. The number of nitrogens with two attached hydrogens (primary N) is 1. The highest BCUT2D eigenvalue weighted by Gasteiger charge is 2.03. The molecule has 10 heavy (non-hydrogen) atoms. The minimum Gasteiger partial charge on any atom is -0.361 e. The molecule has 3 nitrogen and oxygen atoms in total. The van der Waals surface area contributed by atoms with Crippen LogP contribution in [-0.2, 0) is 12.8 Å². The summed E-state index contributed by atoms with van der Waals surface area (Å²) < 4.78 is 4.97. The molecule has 0 saturated heterocycles. The van der Waals surface area contributed by atoms with Crippen molar-refractivity contribution in [2.75, 3.05) is 6.54 Å². The molecular formula is C7H12N2O. The number of aryl methyl sites for hydroxylation is 1. The van der Waals surface area contributed by atoms with Gasteiger partial charge in [0.05, 0.1) is 6.20 Å². The van der Waals surface area contributed by atoms with E-state index in [1.807, 2.05) is 0 Å². The fourth-order valence-corrected chi connectivity index (χ4v) is 0.910. The maximum absolute atomic E-state index is 5.36. The van der Waals surface area contributed by atoms with E-state index in [0.29, 0.717) is 6.54 Å². The molecule has 0 atom stereocenters. The second-order valence-electron chi connectivity index (χ2n) is 2.17. The highest BCUT2D eigenvalue weighted by molar-refractivity contribution is 5.13. The van der Waals surface area contributed by atoms with Crippen LogP contribution in [0.2, 0.25) is 0 Å². The van der Waals surface area contributed by atoms with E-state index < -0.39 is 0 Å². The summed E-state index contributed by atoms with van der Waals surface area (Å²) in [5.41, 5.74) is 6.53. The topological polar surface area (TPSA) is 52.0 Å². The van der Waals surface area contributed by atoms with Gasteiger partial charge in [-0.2, -0.15) is 0 Å². The fourth-order valence-electron chi connectivity index (χ4n) is 0.910. The first-order chi connectivity index (χ1) is 4.88. The van der Waals surface area contributed by atoms with Gasteiger partial charge in [-0.15, -0.1) is 0 Å². The molecule has 0 aromatic carbocycles. The van der Waals surface area contributed by atoms with Crippen molar-refractivity contribution in [1.29, 1.82) is 0 Å². The van der Waals surface area contributed by atoms with Crippen LogP contribution in [0, 0.1) is 0 Å². The van der Waals surface area contributed by atoms with Crippen molar-refractivity contribution in [3.05, 3.63) is 17.5 Å². The zero-order valence-electron chi connectivity index (χ0n) is 6.13. The van der Waals surface area contributed by atoms with Crippen LogP contribution in [0.5, 0.6) is 0 Å². The molecule has 1 heterocycles. The van der Waals surface area contributed by atoms with E-state index in [1.54, 1.807) is 6.20 Å². The average molecular weight is 140 g/mol. The molecule has 0 aliphatic heterocycles. The minimum atomic E-state index is 0.627. The Kier molecular flexibility index (Phi) is 2.45. The molecule has 0 amide bonds. The molecule has 1 aromatic rings. The molecule has 1 rings (SSSR count). The van der Waals surface area contributed by atoms with Crippen LogP contribution in [0.4, 0.5) is 0 Å². The Morgan fingerprint density at radius 3 is 3.10 bits per heavy atom. The van der Waals surface area contributed by atoms with E-state index in [9.17, 15) is 0 Å². The summed E-state index contributed by atoms with van der Waals surface area (Å²) in [6.45, 7) is 2.70. The Bertz CT molecular complexity index is 195. The van der Waals surface area contributed by atoms with Gasteiger partial charge in [0.25, 0.3) is 0 Å². The Balaban J connectivity index is 2.70. The van der Waals surface area contributed by atoms with Crippen LogP contribution in [0.3, 0.4) is 0 Å². The van der Waals surface area contributed by atoms with E-state index in [4.69, 9.17) is 10.3 Å². The first-order valence-electron chi connectivity index (χ1n) is 3.51. The third-order valence-corrected chi connectivity index (χ3v) is 1.48. The molecule has 0 aliphatic rings. The van der Waals surface area contributed by atoms with Gasteiger partial charge in [-0.05, 0) is 13.0 Å². The van der Waals surface area contributed by atoms with Gasteiger partial charge in [-0.3, -0.25) is 0 Å². The lowest BCUT2D eigenvalue weighted by molar-refractivity contribution is 0.383. The van der Waals surface area contributed by atoms with Crippen LogP contribution in [0.15, 0.2) is 10.7 Å². The maximum atomic E-state index is 5.36. The Morgan fingerprint density at radius 2 is 2.50 bits per heavy atom. The summed E-state index contributed by atoms with van der Waals surface area (Å²) >= 11 is 0. The maximum Gasteiger partial charge on any atom is 0.141 e. The minimum absolute atomic E-state index is 0.627. The highest BCUT2D eigenvalue weighted by Crippen LogP contribution is 2.07. The Morgan fingerprint density at radius 1 is 1.70 bits per heavy atom. The lowest BCUT2D eigenvalue weighted by atomic mass is 10.2. The highest BCUT2D eigenvalue weighted by atomic mass is 16.5. The van der Waals surface area contributed by atoms with Crippen molar-refractivity contribution < 1.29 is 4.52 Å². The molecule has 0 radical (unpaired) electrons. The normalized spacial score (nSPS) is 10.2. The average Bonchev–Trinajstić information content (AvgIpc) is 2.36. The van der Waals surface area contributed by atoms with Gasteiger partial charge in [-0.25, -0.2) is 0 Å². The van der Waals surface area contributed by atoms with Crippen molar-refractivity contribution in [3.63, 3.8) is 0 Å². The summed E-state index contributed by atoms with van der Waals surface area (Å²) in [7, 11) is 0. The molecule has 0 bridgehead atoms. The fraction of sp³-hybridized carbons (Fsp3) is 0.571. The molecule has 0 aliphatic carbocycles. The number of rotatable bonds is 3. The quantitative estimate of drug-likeness (QED) is 0.673. The van der Waals surface area contributed by atoms with Crippen molar-refractivity contribution in [2.45, 2.75) is 19.8 Å². The van der Waals surface area contributed by atoms with Crippen molar-refractivity contribution in [3.8, 4) is 0 Å². The first-order valence-corrected chi connectivity index (χ1v) is 3.51. The molecule has 0 spiro atoms. The molecule has 56 valence electrons. The van der Waals surface area contributed by atoms with Crippen molar-refractivity contribution in [2.24, 2.45) is 5.73 Å². The predicted octanol–water partition coefficient (Wildman–Crippen LogP) is 0.738. The molecule has 3 heteroatoms. The van der Waals surface area contributed by atoms with Crippen LogP contribution in [0.25, 0.3) is 0 Å². The zero-order valence-corrected chi connectivity index (χ0v) is 6.13. The second-order valence-corrected chi connectivity index (χ2v) is 2.17. The monoisotopic (exact) mass is 140 g/mol. The molecule has 0 saturated carbocycles. The lowest BCUT2D eigenvalue weighted by Gasteiger charge is -1.92. The predicted molar refractivity (Wildman–Crippen MR) is 38.6 cm³/mol. The van der Waals surface area contributed by atoms with Crippen LogP contribution >= 0.6 is 0 Å². The van der Waals surface area contributed by atoms with Crippen molar-refractivity contribution in [1.82, 2.24) is 5.16 Å². The van der Waals surface area contributed by atoms with E-state index in [0.717, 1.165) is 18.6 Å². The van der Waals surface area contributed by atoms with E-state index in [2.05, 4.69) is 12.1 Å². The summed E-state index contributed by atoms with van der Waals surface area (Å²) in [4.78, 5) is 0. The van der Waals surface area contributed by atoms with Gasteiger partial charge < -0.3 is 10.3 Å². The van der Waals surface area contributed by atoms with E-state index in [1.165, 1.54) is 5.56 Å². The second kappa shape index (κ2) is 3.37. The smallest absolute Gasteiger partial charge is 0.141 e. The lowest BCUT2D eigenvalue weighted by Crippen LogP contribution is -2.03. The first kappa shape index (κ1) is 7.28. The molecule has 0 unspecified atom stereocenters. The van der Waals surface area contributed by atoms with Crippen LogP contribution in [0.1, 0.15) is 18.2 Å². The van der Waals surface area contributed by atoms with Gasteiger partial charge in [0.1, 0.15) is 5.76 Å². The molecule has 0 fully saturated rings. The largest absolute Gasteiger partial charge is 0.361 e. The van der Waals surface area contributed by atoms with Gasteiger partial charge in [-0.1, -0.05) is 12.1 Å². The summed E-state index contributed by atoms with van der Waals surface area (Å²) in [5.74, 6) is 0.935. The summed E-state index contributed by atoms with van der Waals surface area (Å²) in [6.07, 6.45) is 3.52. The summed E-state index contributed by atoms with van der Waals surface area (Å²) in [6, 6.07) is 0. The molecular weight excluding hydrogens is 128 g/mol. The van der Waals surface area contributed by atoms with Gasteiger partial charge in [0.2, 0.25) is 0 Å². The standard InChI is InChI=1S/C7H12N2O/c1-2-6-5-9-10-7(6)3-4-8/h5H,2-4,8H2,1H3. The van der Waals surface area contributed by atoms with E-state index in [-0.39, 0.29) is 0 Å². The number of aromatic nitrogens is 1. The van der Waals surface area contributed by atoms with E-state index >= 15 is 0 Å².